The Morgan fingerprint density at radius 3 is 2.38 bits per heavy atom. The minimum atomic E-state index is -4.47. The van der Waals surface area contributed by atoms with Crippen molar-refractivity contribution in [1.29, 1.82) is 0 Å². The molecule has 1 aliphatic rings. The van der Waals surface area contributed by atoms with E-state index in [-0.39, 0.29) is 13.0 Å². The Labute approximate surface area is 142 Å². The number of rotatable bonds is 5. The zero-order chi connectivity index (χ0) is 17.4. The van der Waals surface area contributed by atoms with E-state index in [2.05, 4.69) is 0 Å². The molecular formula is C18H21NO4S. The molecule has 0 bridgehead atoms. The lowest BCUT2D eigenvalue weighted by atomic mass is 10.0. The number of aliphatic hydroxyl groups is 1. The van der Waals surface area contributed by atoms with Crippen LogP contribution in [0.5, 0.6) is 0 Å². The predicted molar refractivity (Wildman–Crippen MR) is 93.5 cm³/mol. The summed E-state index contributed by atoms with van der Waals surface area (Å²) < 4.78 is 35.3. The van der Waals surface area contributed by atoms with Gasteiger partial charge in [0.25, 0.3) is 10.1 Å². The summed E-state index contributed by atoms with van der Waals surface area (Å²) in [5.41, 5.74) is 2.06. The second-order valence-corrected chi connectivity index (χ2v) is 7.73. The average Bonchev–Trinajstić information content (AvgIpc) is 2.91. The summed E-state index contributed by atoms with van der Waals surface area (Å²) in [5.74, 6) is 0. The van der Waals surface area contributed by atoms with E-state index in [1.807, 2.05) is 31.2 Å². The van der Waals surface area contributed by atoms with Crippen molar-refractivity contribution in [3.8, 4) is 0 Å². The number of benzene rings is 2. The van der Waals surface area contributed by atoms with Crippen LogP contribution in [-0.4, -0.2) is 30.7 Å². The summed E-state index contributed by atoms with van der Waals surface area (Å²) in [7, 11) is -4.47. The van der Waals surface area contributed by atoms with Gasteiger partial charge in [0, 0.05) is 18.7 Å². The predicted octanol–water partition coefficient (Wildman–Crippen LogP) is 2.56. The van der Waals surface area contributed by atoms with Gasteiger partial charge in [0.05, 0.1) is 6.10 Å². The minimum Gasteiger partial charge on any atom is -0.391 e. The van der Waals surface area contributed by atoms with Crippen molar-refractivity contribution in [3.05, 3.63) is 65.7 Å². The first-order valence-corrected chi connectivity index (χ1v) is 9.40. The van der Waals surface area contributed by atoms with Gasteiger partial charge in [0.2, 0.25) is 0 Å². The quantitative estimate of drug-likeness (QED) is 0.813. The van der Waals surface area contributed by atoms with E-state index in [9.17, 15) is 18.1 Å². The molecule has 0 aromatic heterocycles. The largest absolute Gasteiger partial charge is 0.391 e. The number of β-amino-alcohol motifs (C(OH)–C–C–N with tert-alkyl or cyclic N) is 1. The smallest absolute Gasteiger partial charge is 0.294 e. The molecule has 2 unspecified atom stereocenters. The Morgan fingerprint density at radius 1 is 1.12 bits per heavy atom. The van der Waals surface area contributed by atoms with E-state index in [1.54, 1.807) is 35.2 Å². The highest BCUT2D eigenvalue weighted by Gasteiger charge is 2.54. The Kier molecular flexibility index (Phi) is 4.38. The molecular weight excluding hydrogens is 326 g/mol. The van der Waals surface area contributed by atoms with Gasteiger partial charge in [-0.25, -0.2) is 0 Å². The van der Waals surface area contributed by atoms with Gasteiger partial charge < -0.3 is 10.0 Å². The number of fused-ring (bicyclic) bond motifs is 1. The molecule has 6 heteroatoms. The maximum Gasteiger partial charge on any atom is 0.294 e. The topological polar surface area (TPSA) is 77.8 Å². The summed E-state index contributed by atoms with van der Waals surface area (Å²) in [6.45, 7) is 1.96. The monoisotopic (exact) mass is 347 g/mol. The van der Waals surface area contributed by atoms with E-state index in [4.69, 9.17) is 0 Å². The Hall–Kier alpha value is -1.89. The van der Waals surface area contributed by atoms with E-state index >= 15 is 0 Å². The molecule has 0 spiro atoms. The van der Waals surface area contributed by atoms with Crippen LogP contribution >= 0.6 is 0 Å². The van der Waals surface area contributed by atoms with E-state index in [1.165, 1.54) is 0 Å². The van der Waals surface area contributed by atoms with Gasteiger partial charge >= 0.3 is 0 Å². The Bertz CT molecular complexity index is 822. The summed E-state index contributed by atoms with van der Waals surface area (Å²) in [5, 5.41) is 10.2. The molecule has 24 heavy (non-hydrogen) atoms. The maximum absolute atomic E-state index is 12.5. The molecule has 1 aliphatic heterocycles. The summed E-state index contributed by atoms with van der Waals surface area (Å²) in [4.78, 5) is 0.00919. The van der Waals surface area contributed by atoms with Crippen LogP contribution in [0.4, 0.5) is 5.69 Å². The molecule has 5 nitrogen and oxygen atoms in total. The van der Waals surface area contributed by atoms with Gasteiger partial charge in [-0.3, -0.25) is 4.55 Å². The first-order chi connectivity index (χ1) is 11.4. The standard InChI is InChI=1S/C18H21NO4S/c1-2-16(20)13-19-17-11-7-6-8-14(17)12-18(19,24(21,22)23)15-9-4-3-5-10-15/h3-11,16,20H,2,12-13H2,1H3,(H,21,22,23). The van der Waals surface area contributed by atoms with Crippen LogP contribution in [0.3, 0.4) is 0 Å². The molecule has 2 aromatic rings. The second-order valence-electron chi connectivity index (χ2n) is 6.10. The molecule has 3 rings (SSSR count). The normalized spacial score (nSPS) is 21.5. The molecule has 128 valence electrons. The van der Waals surface area contributed by atoms with Crippen LogP contribution in [0.15, 0.2) is 54.6 Å². The molecule has 1 heterocycles. The maximum atomic E-state index is 12.5. The fraction of sp³-hybridized carbons (Fsp3) is 0.333. The molecule has 0 amide bonds. The van der Waals surface area contributed by atoms with Crippen molar-refractivity contribution in [1.82, 2.24) is 0 Å². The lowest BCUT2D eigenvalue weighted by Crippen LogP contribution is -2.52. The molecule has 2 N–H and O–H groups in total. The van der Waals surface area contributed by atoms with Crippen LogP contribution in [0, 0.1) is 0 Å². The molecule has 0 fully saturated rings. The van der Waals surface area contributed by atoms with E-state index in [0.717, 1.165) is 11.3 Å². The first kappa shape index (κ1) is 17.0. The molecule has 0 radical (unpaired) electrons. The van der Waals surface area contributed by atoms with Gasteiger partial charge in [0.1, 0.15) is 0 Å². The number of para-hydroxylation sites is 1. The van der Waals surface area contributed by atoms with Crippen molar-refractivity contribution in [2.45, 2.75) is 30.7 Å². The summed E-state index contributed by atoms with van der Waals surface area (Å²) >= 11 is 0. The van der Waals surface area contributed by atoms with Crippen molar-refractivity contribution in [2.75, 3.05) is 11.4 Å². The zero-order valence-electron chi connectivity index (χ0n) is 13.5. The van der Waals surface area contributed by atoms with Gasteiger partial charge in [-0.05, 0) is 23.6 Å². The highest BCUT2D eigenvalue weighted by Crippen LogP contribution is 2.48. The van der Waals surface area contributed by atoms with E-state index in [0.29, 0.717) is 12.0 Å². The molecule has 0 saturated carbocycles. The highest BCUT2D eigenvalue weighted by atomic mass is 32.2. The van der Waals surface area contributed by atoms with Crippen LogP contribution in [-0.2, 0) is 21.4 Å². The third-order valence-corrected chi connectivity index (χ3v) is 6.12. The van der Waals surface area contributed by atoms with Crippen molar-refractivity contribution < 1.29 is 18.1 Å². The highest BCUT2D eigenvalue weighted by molar-refractivity contribution is 7.87. The lowest BCUT2D eigenvalue weighted by molar-refractivity contribution is 0.171. The number of aliphatic hydroxyl groups excluding tert-OH is 1. The van der Waals surface area contributed by atoms with Crippen molar-refractivity contribution in [2.24, 2.45) is 0 Å². The van der Waals surface area contributed by atoms with Crippen LogP contribution in [0.2, 0.25) is 0 Å². The molecule has 2 aromatic carbocycles. The lowest BCUT2D eigenvalue weighted by Gasteiger charge is -2.39. The molecule has 0 aliphatic carbocycles. The number of nitrogens with zero attached hydrogens (tertiary/aromatic N) is 1. The first-order valence-electron chi connectivity index (χ1n) is 7.96. The Morgan fingerprint density at radius 2 is 1.75 bits per heavy atom. The molecule has 2 atom stereocenters. The van der Waals surface area contributed by atoms with Crippen molar-refractivity contribution in [3.63, 3.8) is 0 Å². The van der Waals surface area contributed by atoms with Crippen LogP contribution < -0.4 is 4.90 Å². The Balaban J connectivity index is 2.24. The van der Waals surface area contributed by atoms with Gasteiger partial charge in [0.15, 0.2) is 4.87 Å². The zero-order valence-corrected chi connectivity index (χ0v) is 14.3. The van der Waals surface area contributed by atoms with Gasteiger partial charge in [-0.2, -0.15) is 8.42 Å². The average molecular weight is 347 g/mol. The minimum absolute atomic E-state index is 0.127. The SMILES string of the molecule is CCC(O)CN1c2ccccc2CC1(c1ccccc1)S(=O)(=O)O. The van der Waals surface area contributed by atoms with Gasteiger partial charge in [-0.15, -0.1) is 0 Å². The summed E-state index contributed by atoms with van der Waals surface area (Å²) in [6, 6.07) is 16.1. The van der Waals surface area contributed by atoms with E-state index < -0.39 is 21.1 Å². The van der Waals surface area contributed by atoms with Crippen molar-refractivity contribution >= 4 is 15.8 Å². The third-order valence-electron chi connectivity index (χ3n) is 4.66. The summed E-state index contributed by atoms with van der Waals surface area (Å²) in [6.07, 6.45) is -0.0571. The third kappa shape index (κ3) is 2.60. The van der Waals surface area contributed by atoms with Crippen LogP contribution in [0.1, 0.15) is 24.5 Å². The second kappa shape index (κ2) is 6.20. The van der Waals surface area contributed by atoms with Gasteiger partial charge in [-0.1, -0.05) is 55.5 Å². The fourth-order valence-electron chi connectivity index (χ4n) is 3.39. The molecule has 0 saturated heterocycles. The number of hydrogen-bond acceptors (Lipinski definition) is 4. The van der Waals surface area contributed by atoms with Crippen LogP contribution in [0.25, 0.3) is 0 Å². The number of hydrogen-bond donors (Lipinski definition) is 2. The number of anilines is 1. The fourth-order valence-corrected chi connectivity index (χ4v) is 4.62.